The third-order valence-corrected chi connectivity index (χ3v) is 5.39. The summed E-state index contributed by atoms with van der Waals surface area (Å²) in [6.45, 7) is 7.12. The van der Waals surface area contributed by atoms with Gasteiger partial charge in [-0.25, -0.2) is 18.4 Å². The summed E-state index contributed by atoms with van der Waals surface area (Å²) in [6, 6.07) is 0. The monoisotopic (exact) mass is 365 g/mol. The highest BCUT2D eigenvalue weighted by Crippen LogP contribution is 2.31. The molecule has 1 saturated heterocycles. The first-order valence-corrected chi connectivity index (χ1v) is 10.3. The highest BCUT2D eigenvalue weighted by molar-refractivity contribution is 7.90. The highest BCUT2D eigenvalue weighted by Gasteiger charge is 2.30. The van der Waals surface area contributed by atoms with Gasteiger partial charge in [-0.15, -0.1) is 0 Å². The molecule has 1 atom stereocenters. The van der Waals surface area contributed by atoms with Crippen LogP contribution in [0.15, 0.2) is 15.6 Å². The molecular weight excluding hydrogens is 342 g/mol. The lowest BCUT2D eigenvalue weighted by Crippen LogP contribution is -2.36. The van der Waals surface area contributed by atoms with Crippen molar-refractivity contribution in [3.63, 3.8) is 0 Å². The molecule has 0 amide bonds. The Balaban J connectivity index is 1.90. The van der Waals surface area contributed by atoms with Crippen molar-refractivity contribution in [1.82, 2.24) is 20.1 Å². The Morgan fingerprint density at radius 2 is 2.08 bits per heavy atom. The quantitative estimate of drug-likeness (QED) is 0.811. The SMILES string of the molecule is Cc1ncc(S(C)(=O)=O)c(N2CCC[C@H](c3nc(C(C)C)no3)C2)n1. The minimum Gasteiger partial charge on any atom is -0.355 e. The molecule has 8 nitrogen and oxygen atoms in total. The van der Waals surface area contributed by atoms with Crippen LogP contribution in [0.4, 0.5) is 5.82 Å². The van der Waals surface area contributed by atoms with Gasteiger partial charge in [0.2, 0.25) is 5.89 Å². The van der Waals surface area contributed by atoms with Crippen molar-refractivity contribution < 1.29 is 12.9 Å². The van der Waals surface area contributed by atoms with Crippen LogP contribution in [0.25, 0.3) is 0 Å². The largest absolute Gasteiger partial charge is 0.355 e. The zero-order valence-electron chi connectivity index (χ0n) is 14.9. The van der Waals surface area contributed by atoms with Gasteiger partial charge in [0, 0.05) is 25.3 Å². The lowest BCUT2D eigenvalue weighted by molar-refractivity contribution is 0.329. The molecule has 136 valence electrons. The number of hydrogen-bond acceptors (Lipinski definition) is 8. The van der Waals surface area contributed by atoms with E-state index < -0.39 is 9.84 Å². The first kappa shape index (κ1) is 17.8. The van der Waals surface area contributed by atoms with Gasteiger partial charge in [-0.3, -0.25) is 0 Å². The second-order valence-electron chi connectivity index (χ2n) is 6.81. The molecule has 2 aromatic heterocycles. The fourth-order valence-electron chi connectivity index (χ4n) is 2.95. The highest BCUT2D eigenvalue weighted by atomic mass is 32.2. The van der Waals surface area contributed by atoms with E-state index in [1.54, 1.807) is 6.92 Å². The van der Waals surface area contributed by atoms with Crippen molar-refractivity contribution >= 4 is 15.7 Å². The maximum absolute atomic E-state index is 12.1. The Bertz CT molecular complexity index is 862. The fourth-order valence-corrected chi connectivity index (χ4v) is 3.70. The normalized spacial score (nSPS) is 18.8. The number of piperidine rings is 1. The van der Waals surface area contributed by atoms with E-state index in [9.17, 15) is 8.42 Å². The molecule has 1 fully saturated rings. The number of aromatic nitrogens is 4. The van der Waals surface area contributed by atoms with Crippen LogP contribution in [0.2, 0.25) is 0 Å². The summed E-state index contributed by atoms with van der Waals surface area (Å²) >= 11 is 0. The van der Waals surface area contributed by atoms with Gasteiger partial charge in [0.1, 0.15) is 10.7 Å². The number of rotatable bonds is 4. The smallest absolute Gasteiger partial charge is 0.231 e. The molecule has 0 aliphatic carbocycles. The molecule has 25 heavy (non-hydrogen) atoms. The molecule has 0 N–H and O–H groups in total. The Kier molecular flexibility index (Phi) is 4.77. The second-order valence-corrected chi connectivity index (χ2v) is 8.79. The summed E-state index contributed by atoms with van der Waals surface area (Å²) in [6.07, 6.45) is 4.39. The van der Waals surface area contributed by atoms with E-state index in [1.807, 2.05) is 18.7 Å². The van der Waals surface area contributed by atoms with Crippen molar-refractivity contribution in [3.05, 3.63) is 23.7 Å². The minimum atomic E-state index is -3.41. The number of nitrogens with zero attached hydrogens (tertiary/aromatic N) is 5. The molecule has 2 aromatic rings. The maximum atomic E-state index is 12.1. The van der Waals surface area contributed by atoms with Crippen molar-refractivity contribution in [2.75, 3.05) is 24.2 Å². The molecule has 0 spiro atoms. The van der Waals surface area contributed by atoms with E-state index in [0.29, 0.717) is 29.9 Å². The topological polar surface area (TPSA) is 102 Å². The lowest BCUT2D eigenvalue weighted by Gasteiger charge is -2.32. The van der Waals surface area contributed by atoms with Crippen LogP contribution in [-0.2, 0) is 9.84 Å². The summed E-state index contributed by atoms with van der Waals surface area (Å²) in [5.74, 6) is 2.59. The van der Waals surface area contributed by atoms with Crippen LogP contribution in [0, 0.1) is 6.92 Å². The summed E-state index contributed by atoms with van der Waals surface area (Å²) in [5, 5.41) is 4.03. The Labute approximate surface area is 147 Å². The predicted molar refractivity (Wildman–Crippen MR) is 92.5 cm³/mol. The van der Waals surface area contributed by atoms with Crippen molar-refractivity contribution in [1.29, 1.82) is 0 Å². The van der Waals surface area contributed by atoms with Crippen LogP contribution < -0.4 is 4.90 Å². The molecule has 3 rings (SSSR count). The molecule has 1 aliphatic heterocycles. The Hall–Kier alpha value is -2.03. The van der Waals surface area contributed by atoms with Gasteiger partial charge in [-0.05, 0) is 19.8 Å². The molecular formula is C16H23N5O3S. The van der Waals surface area contributed by atoms with Gasteiger partial charge < -0.3 is 9.42 Å². The van der Waals surface area contributed by atoms with E-state index >= 15 is 0 Å². The van der Waals surface area contributed by atoms with Gasteiger partial charge in [-0.2, -0.15) is 4.98 Å². The first-order valence-electron chi connectivity index (χ1n) is 8.38. The van der Waals surface area contributed by atoms with Gasteiger partial charge in [0.15, 0.2) is 21.5 Å². The molecule has 0 saturated carbocycles. The van der Waals surface area contributed by atoms with E-state index in [1.165, 1.54) is 12.5 Å². The standard InChI is InChI=1S/C16H23N5O3S/c1-10(2)14-19-16(24-20-14)12-6-5-7-21(9-12)15-13(25(4,22)23)8-17-11(3)18-15/h8,10,12H,5-7,9H2,1-4H3/t12-/m0/s1. The third-order valence-electron chi connectivity index (χ3n) is 4.30. The third kappa shape index (κ3) is 3.81. The van der Waals surface area contributed by atoms with Crippen molar-refractivity contribution in [2.24, 2.45) is 0 Å². The lowest BCUT2D eigenvalue weighted by atomic mass is 9.98. The van der Waals surface area contributed by atoms with E-state index in [4.69, 9.17) is 4.52 Å². The average molecular weight is 365 g/mol. The fraction of sp³-hybridized carbons (Fsp3) is 0.625. The zero-order valence-corrected chi connectivity index (χ0v) is 15.7. The first-order chi connectivity index (χ1) is 11.8. The molecule has 3 heterocycles. The van der Waals surface area contributed by atoms with Crippen LogP contribution in [0.3, 0.4) is 0 Å². The number of aryl methyl sites for hydroxylation is 1. The van der Waals surface area contributed by atoms with Crippen molar-refractivity contribution in [2.45, 2.75) is 50.3 Å². The van der Waals surface area contributed by atoms with E-state index in [-0.39, 0.29) is 16.7 Å². The van der Waals surface area contributed by atoms with Crippen LogP contribution >= 0.6 is 0 Å². The molecule has 1 aliphatic rings. The van der Waals surface area contributed by atoms with Gasteiger partial charge in [0.05, 0.1) is 12.1 Å². The van der Waals surface area contributed by atoms with E-state index in [0.717, 1.165) is 19.4 Å². The summed E-state index contributed by atoms with van der Waals surface area (Å²) in [7, 11) is -3.41. The summed E-state index contributed by atoms with van der Waals surface area (Å²) in [4.78, 5) is 15.1. The molecule has 9 heteroatoms. The van der Waals surface area contributed by atoms with Crippen LogP contribution in [-0.4, -0.2) is 47.9 Å². The Morgan fingerprint density at radius 3 is 2.72 bits per heavy atom. The zero-order chi connectivity index (χ0) is 18.2. The average Bonchev–Trinajstić information content (AvgIpc) is 3.04. The molecule has 0 radical (unpaired) electrons. The van der Waals surface area contributed by atoms with Gasteiger partial charge in [-0.1, -0.05) is 19.0 Å². The maximum Gasteiger partial charge on any atom is 0.231 e. The molecule has 0 aromatic carbocycles. The van der Waals surface area contributed by atoms with E-state index in [2.05, 4.69) is 20.1 Å². The van der Waals surface area contributed by atoms with Gasteiger partial charge in [0.25, 0.3) is 0 Å². The van der Waals surface area contributed by atoms with Gasteiger partial charge >= 0.3 is 0 Å². The molecule has 0 bridgehead atoms. The summed E-state index contributed by atoms with van der Waals surface area (Å²) < 4.78 is 29.6. The molecule has 0 unspecified atom stereocenters. The number of hydrogen-bond donors (Lipinski definition) is 0. The van der Waals surface area contributed by atoms with Crippen molar-refractivity contribution in [3.8, 4) is 0 Å². The van der Waals surface area contributed by atoms with Crippen LogP contribution in [0.5, 0.6) is 0 Å². The summed E-state index contributed by atoms with van der Waals surface area (Å²) in [5.41, 5.74) is 0. The van der Waals surface area contributed by atoms with Crippen LogP contribution in [0.1, 0.15) is 56.1 Å². The number of anilines is 1. The Morgan fingerprint density at radius 1 is 1.32 bits per heavy atom. The minimum absolute atomic E-state index is 0.0661. The predicted octanol–water partition coefficient (Wildman–Crippen LogP) is 2.08. The number of sulfone groups is 1. The second kappa shape index (κ2) is 6.70.